The molecule has 6 heteroatoms. The largest absolute Gasteiger partial charge is 0.476 e. The van der Waals surface area contributed by atoms with Gasteiger partial charge < -0.3 is 14.5 Å². The predicted octanol–water partition coefficient (Wildman–Crippen LogP) is 2.78. The minimum Gasteiger partial charge on any atom is -0.476 e. The average Bonchev–Trinajstić information content (AvgIpc) is 3.10. The van der Waals surface area contributed by atoms with Gasteiger partial charge >= 0.3 is 5.97 Å². The molecule has 0 bridgehead atoms. The molecule has 1 fully saturated rings. The first-order chi connectivity index (χ1) is 9.65. The highest BCUT2D eigenvalue weighted by atomic mass is 19.1. The Hall–Kier alpha value is -2.37. The smallest absolute Gasteiger partial charge is 0.358 e. The van der Waals surface area contributed by atoms with Crippen LogP contribution in [-0.2, 0) is 0 Å². The molecule has 1 aromatic heterocycles. The minimum absolute atomic E-state index is 0.184. The SMILES string of the molecule is O=C(O)c1cc(-c2cc(F)ccc2N2CCCC2)on1. The maximum Gasteiger partial charge on any atom is 0.358 e. The molecule has 20 heavy (non-hydrogen) atoms. The highest BCUT2D eigenvalue weighted by molar-refractivity contribution is 5.87. The zero-order chi connectivity index (χ0) is 14.1. The topological polar surface area (TPSA) is 66.6 Å². The van der Waals surface area contributed by atoms with Crippen LogP contribution in [0.1, 0.15) is 23.3 Å². The van der Waals surface area contributed by atoms with Crippen LogP contribution in [0, 0.1) is 5.82 Å². The molecule has 0 atom stereocenters. The van der Waals surface area contributed by atoms with Gasteiger partial charge in [0.15, 0.2) is 11.5 Å². The van der Waals surface area contributed by atoms with Gasteiger partial charge in [-0.05, 0) is 31.0 Å². The van der Waals surface area contributed by atoms with E-state index in [1.54, 1.807) is 6.07 Å². The normalized spacial score (nSPS) is 14.8. The summed E-state index contributed by atoms with van der Waals surface area (Å²) in [4.78, 5) is 13.0. The second kappa shape index (κ2) is 4.96. The lowest BCUT2D eigenvalue weighted by atomic mass is 10.1. The highest BCUT2D eigenvalue weighted by Crippen LogP contribution is 2.33. The van der Waals surface area contributed by atoms with E-state index in [4.69, 9.17) is 9.63 Å². The van der Waals surface area contributed by atoms with E-state index < -0.39 is 11.8 Å². The number of hydrogen-bond donors (Lipinski definition) is 1. The first-order valence-electron chi connectivity index (χ1n) is 6.40. The summed E-state index contributed by atoms with van der Waals surface area (Å²) in [6.45, 7) is 1.80. The first kappa shape index (κ1) is 12.7. The van der Waals surface area contributed by atoms with Crippen molar-refractivity contribution in [3.05, 3.63) is 35.8 Å². The Labute approximate surface area is 114 Å². The molecule has 1 N–H and O–H groups in total. The van der Waals surface area contributed by atoms with Crippen molar-refractivity contribution in [1.29, 1.82) is 0 Å². The molecule has 1 aromatic carbocycles. The lowest BCUT2D eigenvalue weighted by Crippen LogP contribution is -2.18. The molecule has 0 saturated carbocycles. The van der Waals surface area contributed by atoms with E-state index in [-0.39, 0.29) is 11.5 Å². The Bertz CT molecular complexity index is 648. The van der Waals surface area contributed by atoms with E-state index in [9.17, 15) is 9.18 Å². The summed E-state index contributed by atoms with van der Waals surface area (Å²) in [7, 11) is 0. The van der Waals surface area contributed by atoms with Gasteiger partial charge in [0.1, 0.15) is 5.82 Å². The van der Waals surface area contributed by atoms with Crippen LogP contribution in [0.25, 0.3) is 11.3 Å². The molecule has 0 unspecified atom stereocenters. The molecule has 2 aromatic rings. The minimum atomic E-state index is -1.17. The number of halogens is 1. The van der Waals surface area contributed by atoms with Crippen molar-refractivity contribution in [1.82, 2.24) is 5.16 Å². The number of carbonyl (C=O) groups is 1. The van der Waals surface area contributed by atoms with Gasteiger partial charge in [-0.25, -0.2) is 9.18 Å². The van der Waals surface area contributed by atoms with Gasteiger partial charge in [0.05, 0.1) is 0 Å². The van der Waals surface area contributed by atoms with E-state index in [1.165, 1.54) is 18.2 Å². The standard InChI is InChI=1S/C14H13FN2O3/c15-9-3-4-12(17-5-1-2-6-17)10(7-9)13-8-11(14(18)19)16-20-13/h3-4,7-8H,1-2,5-6H2,(H,18,19). The highest BCUT2D eigenvalue weighted by Gasteiger charge is 2.20. The second-order valence-electron chi connectivity index (χ2n) is 4.74. The zero-order valence-electron chi connectivity index (χ0n) is 10.7. The molecule has 0 aliphatic carbocycles. The average molecular weight is 276 g/mol. The van der Waals surface area contributed by atoms with Crippen molar-refractivity contribution < 1.29 is 18.8 Å². The zero-order valence-corrected chi connectivity index (χ0v) is 10.7. The maximum atomic E-state index is 13.5. The Morgan fingerprint density at radius 2 is 2.05 bits per heavy atom. The van der Waals surface area contributed by atoms with E-state index in [1.807, 2.05) is 0 Å². The van der Waals surface area contributed by atoms with Crippen LogP contribution in [0.4, 0.5) is 10.1 Å². The summed E-state index contributed by atoms with van der Waals surface area (Å²) in [6, 6.07) is 5.75. The summed E-state index contributed by atoms with van der Waals surface area (Å²) in [6.07, 6.45) is 2.18. The van der Waals surface area contributed by atoms with Crippen LogP contribution >= 0.6 is 0 Å². The van der Waals surface area contributed by atoms with Crippen molar-refractivity contribution in [2.75, 3.05) is 18.0 Å². The molecule has 0 amide bonds. The van der Waals surface area contributed by atoms with Gasteiger partial charge in [-0.2, -0.15) is 0 Å². The fourth-order valence-corrected chi connectivity index (χ4v) is 2.44. The third-order valence-corrected chi connectivity index (χ3v) is 3.40. The van der Waals surface area contributed by atoms with Crippen LogP contribution < -0.4 is 4.90 Å². The number of carboxylic acid groups (broad SMARTS) is 1. The third-order valence-electron chi connectivity index (χ3n) is 3.40. The summed E-state index contributed by atoms with van der Waals surface area (Å²) in [5.74, 6) is -1.29. The monoisotopic (exact) mass is 276 g/mol. The molecular weight excluding hydrogens is 263 g/mol. The molecule has 1 saturated heterocycles. The molecule has 5 nitrogen and oxygen atoms in total. The first-order valence-corrected chi connectivity index (χ1v) is 6.40. The summed E-state index contributed by atoms with van der Waals surface area (Å²) >= 11 is 0. The van der Waals surface area contributed by atoms with Crippen molar-refractivity contribution in [2.24, 2.45) is 0 Å². The van der Waals surface area contributed by atoms with Crippen molar-refractivity contribution >= 4 is 11.7 Å². The number of benzene rings is 1. The van der Waals surface area contributed by atoms with Crippen LogP contribution in [-0.4, -0.2) is 29.3 Å². The second-order valence-corrected chi connectivity index (χ2v) is 4.74. The fraction of sp³-hybridized carbons (Fsp3) is 0.286. The van der Waals surface area contributed by atoms with Crippen molar-refractivity contribution in [3.8, 4) is 11.3 Å². The predicted molar refractivity (Wildman–Crippen MR) is 70.3 cm³/mol. The van der Waals surface area contributed by atoms with Gasteiger partial charge in [-0.15, -0.1) is 0 Å². The maximum absolute atomic E-state index is 13.5. The van der Waals surface area contributed by atoms with Crippen LogP contribution in [0.5, 0.6) is 0 Å². The molecule has 3 rings (SSSR count). The number of aromatic carboxylic acids is 1. The van der Waals surface area contributed by atoms with Gasteiger partial charge in [-0.3, -0.25) is 0 Å². The lowest BCUT2D eigenvalue weighted by molar-refractivity contribution is 0.0686. The molecule has 0 radical (unpaired) electrons. The number of rotatable bonds is 3. The van der Waals surface area contributed by atoms with Gasteiger partial charge in [-0.1, -0.05) is 5.16 Å². The molecule has 104 valence electrons. The molecule has 0 spiro atoms. The van der Waals surface area contributed by atoms with E-state index in [0.717, 1.165) is 31.6 Å². The van der Waals surface area contributed by atoms with Crippen LogP contribution in [0.15, 0.2) is 28.8 Å². The van der Waals surface area contributed by atoms with E-state index in [0.29, 0.717) is 5.56 Å². The Balaban J connectivity index is 2.05. The Kier molecular flexibility index (Phi) is 3.14. The molecule has 2 heterocycles. The Morgan fingerprint density at radius 1 is 1.30 bits per heavy atom. The molecule has 1 aliphatic heterocycles. The Morgan fingerprint density at radius 3 is 2.70 bits per heavy atom. The van der Waals surface area contributed by atoms with Gasteiger partial charge in [0.2, 0.25) is 0 Å². The summed E-state index contributed by atoms with van der Waals surface area (Å²) in [5.41, 5.74) is 1.19. The summed E-state index contributed by atoms with van der Waals surface area (Å²) in [5, 5.41) is 12.3. The van der Waals surface area contributed by atoms with Gasteiger partial charge in [0, 0.05) is 30.4 Å². The number of carboxylic acids is 1. The summed E-state index contributed by atoms with van der Waals surface area (Å²) < 4.78 is 18.5. The number of aromatic nitrogens is 1. The quantitative estimate of drug-likeness (QED) is 0.933. The fourth-order valence-electron chi connectivity index (χ4n) is 2.44. The molecular formula is C14H13FN2O3. The third kappa shape index (κ3) is 2.24. The number of anilines is 1. The van der Waals surface area contributed by atoms with Gasteiger partial charge in [0.25, 0.3) is 0 Å². The van der Waals surface area contributed by atoms with Crippen molar-refractivity contribution in [2.45, 2.75) is 12.8 Å². The van der Waals surface area contributed by atoms with Crippen LogP contribution in [0.2, 0.25) is 0 Å². The van der Waals surface area contributed by atoms with Crippen molar-refractivity contribution in [3.63, 3.8) is 0 Å². The van der Waals surface area contributed by atoms with E-state index in [2.05, 4.69) is 10.1 Å². The molecule has 1 aliphatic rings. The van der Waals surface area contributed by atoms with Crippen LogP contribution in [0.3, 0.4) is 0 Å². The number of hydrogen-bond acceptors (Lipinski definition) is 4. The lowest BCUT2D eigenvalue weighted by Gasteiger charge is -2.20. The number of nitrogens with zero attached hydrogens (tertiary/aromatic N) is 2. The van der Waals surface area contributed by atoms with E-state index >= 15 is 0 Å².